The van der Waals surface area contributed by atoms with Gasteiger partial charge in [0.25, 0.3) is 11.8 Å². The van der Waals surface area contributed by atoms with Gasteiger partial charge < -0.3 is 16.0 Å². The van der Waals surface area contributed by atoms with Crippen molar-refractivity contribution in [3.63, 3.8) is 0 Å². The van der Waals surface area contributed by atoms with Gasteiger partial charge in [0.1, 0.15) is 10.9 Å². The molecule has 1 aromatic heterocycles. The maximum atomic E-state index is 13.7. The van der Waals surface area contributed by atoms with Crippen LogP contribution in [-0.2, 0) is 9.59 Å². The predicted molar refractivity (Wildman–Crippen MR) is 204 cm³/mol. The van der Waals surface area contributed by atoms with E-state index >= 15 is 0 Å². The summed E-state index contributed by atoms with van der Waals surface area (Å²) in [4.78, 5) is 45.7. The van der Waals surface area contributed by atoms with E-state index in [-0.39, 0.29) is 11.6 Å². The lowest BCUT2D eigenvalue weighted by Gasteiger charge is -2.17. The fraction of sp³-hybridized carbons (Fsp3) is 0.0500. The first-order valence-corrected chi connectivity index (χ1v) is 17.8. The van der Waals surface area contributed by atoms with Crippen LogP contribution in [0.3, 0.4) is 0 Å². The highest BCUT2D eigenvalue weighted by molar-refractivity contribution is 8.00. The van der Waals surface area contributed by atoms with E-state index in [1.807, 2.05) is 103 Å². The highest BCUT2D eigenvalue weighted by atomic mass is 35.5. The van der Waals surface area contributed by atoms with Crippen molar-refractivity contribution in [2.45, 2.75) is 17.1 Å². The number of nitrogens with zero attached hydrogens (tertiary/aromatic N) is 1. The number of aromatic nitrogens is 1. The van der Waals surface area contributed by atoms with Crippen LogP contribution in [0.5, 0.6) is 0 Å². The van der Waals surface area contributed by atoms with Crippen molar-refractivity contribution in [1.82, 2.24) is 10.3 Å². The zero-order valence-electron chi connectivity index (χ0n) is 26.8. The summed E-state index contributed by atoms with van der Waals surface area (Å²) >= 11 is 9.07. The van der Waals surface area contributed by atoms with Crippen molar-refractivity contribution in [3.8, 4) is 11.3 Å². The molecule has 6 rings (SSSR count). The van der Waals surface area contributed by atoms with E-state index in [1.54, 1.807) is 48.5 Å². The third-order valence-electron chi connectivity index (χ3n) is 7.61. The highest BCUT2D eigenvalue weighted by Gasteiger charge is 2.24. The Kier molecular flexibility index (Phi) is 11.2. The molecule has 7 nitrogen and oxygen atoms in total. The Balaban J connectivity index is 1.18. The number of amides is 3. The van der Waals surface area contributed by atoms with Crippen LogP contribution in [0.2, 0.25) is 5.02 Å². The van der Waals surface area contributed by atoms with Crippen LogP contribution in [0.25, 0.3) is 17.3 Å². The van der Waals surface area contributed by atoms with Crippen molar-refractivity contribution >= 4 is 69.3 Å². The van der Waals surface area contributed by atoms with Crippen molar-refractivity contribution < 1.29 is 14.4 Å². The number of hydrogen-bond donors (Lipinski definition) is 3. The van der Waals surface area contributed by atoms with Gasteiger partial charge in [-0.3, -0.25) is 14.4 Å². The number of benzene rings is 5. The average molecular weight is 715 g/mol. The minimum atomic E-state index is -0.582. The summed E-state index contributed by atoms with van der Waals surface area (Å²) in [6, 6.07) is 40.5. The van der Waals surface area contributed by atoms with E-state index in [2.05, 4.69) is 20.9 Å². The summed E-state index contributed by atoms with van der Waals surface area (Å²) in [5.41, 5.74) is 5.15. The molecular formula is C40H31ClN4O3S2. The van der Waals surface area contributed by atoms with Crippen LogP contribution in [-0.4, -0.2) is 22.7 Å². The fourth-order valence-corrected chi connectivity index (χ4v) is 6.96. The molecular weight excluding hydrogens is 684 g/mol. The molecule has 1 heterocycles. The molecule has 0 aliphatic heterocycles. The van der Waals surface area contributed by atoms with Gasteiger partial charge in [0.05, 0.1) is 5.69 Å². The molecule has 6 aromatic rings. The number of aryl methyl sites for hydroxylation is 1. The monoisotopic (exact) mass is 714 g/mol. The Bertz CT molecular complexity index is 2150. The highest BCUT2D eigenvalue weighted by Crippen LogP contribution is 2.38. The molecule has 0 radical (unpaired) electrons. The van der Waals surface area contributed by atoms with Crippen LogP contribution < -0.4 is 16.0 Å². The standard InChI is InChI=1S/C40H31ClN4O3S2/c1-26-12-8-9-17-29(26)24-34(43-37(46)28-15-6-3-7-16-28)38(47)42-30-20-22-31(23-21-30)50-36(27-13-4-2-5-14-27)39(48)45-40-44-35(25-49-40)32-18-10-11-19-33(32)41/h2-25,36H,1H3,(H,42,47)(H,43,46)(H,44,45,48)/b34-24-. The quantitative estimate of drug-likeness (QED) is 0.0917. The molecule has 1 unspecified atom stereocenters. The molecule has 3 amide bonds. The molecule has 0 spiro atoms. The Morgan fingerprint density at radius 2 is 1.44 bits per heavy atom. The number of anilines is 2. The topological polar surface area (TPSA) is 100 Å². The van der Waals surface area contributed by atoms with E-state index in [0.717, 1.165) is 27.1 Å². The van der Waals surface area contributed by atoms with Crippen LogP contribution >= 0.6 is 34.7 Å². The van der Waals surface area contributed by atoms with Crippen LogP contribution in [0.15, 0.2) is 149 Å². The number of rotatable bonds is 11. The van der Waals surface area contributed by atoms with E-state index in [4.69, 9.17) is 11.6 Å². The molecule has 50 heavy (non-hydrogen) atoms. The number of carbonyl (C=O) groups is 3. The molecule has 0 aliphatic rings. The summed E-state index contributed by atoms with van der Waals surface area (Å²) in [7, 11) is 0. The van der Waals surface area contributed by atoms with E-state index in [0.29, 0.717) is 27.1 Å². The number of nitrogens with one attached hydrogen (secondary N) is 3. The largest absolute Gasteiger partial charge is 0.321 e. The van der Waals surface area contributed by atoms with Gasteiger partial charge in [-0.25, -0.2) is 4.98 Å². The molecule has 1 atom stereocenters. The number of thioether (sulfide) groups is 1. The van der Waals surface area contributed by atoms with Gasteiger partial charge in [0.2, 0.25) is 5.91 Å². The lowest BCUT2D eigenvalue weighted by atomic mass is 10.1. The summed E-state index contributed by atoms with van der Waals surface area (Å²) < 4.78 is 0. The number of halogens is 1. The first-order valence-electron chi connectivity index (χ1n) is 15.6. The van der Waals surface area contributed by atoms with Gasteiger partial charge in [0, 0.05) is 32.1 Å². The Hall–Kier alpha value is -5.48. The normalized spacial score (nSPS) is 11.8. The summed E-state index contributed by atoms with van der Waals surface area (Å²) in [6.07, 6.45) is 1.67. The molecule has 0 saturated heterocycles. The maximum Gasteiger partial charge on any atom is 0.272 e. The van der Waals surface area contributed by atoms with Crippen LogP contribution in [0.1, 0.15) is 32.3 Å². The van der Waals surface area contributed by atoms with Crippen LogP contribution in [0, 0.1) is 6.92 Å². The molecule has 10 heteroatoms. The van der Waals surface area contributed by atoms with E-state index < -0.39 is 17.1 Å². The lowest BCUT2D eigenvalue weighted by molar-refractivity contribution is -0.116. The number of carbonyl (C=O) groups excluding carboxylic acids is 3. The van der Waals surface area contributed by atoms with Gasteiger partial charge >= 0.3 is 0 Å². The Labute approximate surface area is 303 Å². The molecule has 0 fully saturated rings. The third kappa shape index (κ3) is 8.75. The van der Waals surface area contributed by atoms with Crippen molar-refractivity contribution in [3.05, 3.63) is 172 Å². The van der Waals surface area contributed by atoms with Crippen molar-refractivity contribution in [2.75, 3.05) is 10.6 Å². The lowest BCUT2D eigenvalue weighted by Crippen LogP contribution is -2.30. The molecule has 3 N–H and O–H groups in total. The SMILES string of the molecule is Cc1ccccc1/C=C(\NC(=O)c1ccccc1)C(=O)Nc1ccc(SC(C(=O)Nc2nc(-c3ccccc3Cl)cs2)c2ccccc2)cc1. The fourth-order valence-electron chi connectivity index (χ4n) is 4.99. The Morgan fingerprint density at radius 3 is 2.16 bits per heavy atom. The average Bonchev–Trinajstić information content (AvgIpc) is 3.60. The Morgan fingerprint density at radius 1 is 0.780 bits per heavy atom. The summed E-state index contributed by atoms with van der Waals surface area (Å²) in [5, 5.41) is 11.0. The molecule has 5 aromatic carbocycles. The first kappa shape index (κ1) is 34.4. The second-order valence-corrected chi connectivity index (χ2v) is 13.6. The van der Waals surface area contributed by atoms with E-state index in [1.165, 1.54) is 23.1 Å². The van der Waals surface area contributed by atoms with Gasteiger partial charge in [-0.05, 0) is 72.2 Å². The minimum absolute atomic E-state index is 0.104. The van der Waals surface area contributed by atoms with Gasteiger partial charge in [0.15, 0.2) is 5.13 Å². The maximum absolute atomic E-state index is 13.7. The van der Waals surface area contributed by atoms with Crippen LogP contribution in [0.4, 0.5) is 10.8 Å². The summed E-state index contributed by atoms with van der Waals surface area (Å²) in [6.45, 7) is 1.94. The van der Waals surface area contributed by atoms with Gasteiger partial charge in [-0.2, -0.15) is 0 Å². The zero-order valence-corrected chi connectivity index (χ0v) is 29.2. The minimum Gasteiger partial charge on any atom is -0.321 e. The second-order valence-electron chi connectivity index (χ2n) is 11.1. The summed E-state index contributed by atoms with van der Waals surface area (Å²) in [5.74, 6) is -1.09. The molecule has 248 valence electrons. The van der Waals surface area contributed by atoms with Gasteiger partial charge in [-0.1, -0.05) is 103 Å². The smallest absolute Gasteiger partial charge is 0.272 e. The first-order chi connectivity index (χ1) is 24.3. The van der Waals surface area contributed by atoms with Crippen molar-refractivity contribution in [1.29, 1.82) is 0 Å². The molecule has 0 saturated carbocycles. The second kappa shape index (κ2) is 16.3. The zero-order chi connectivity index (χ0) is 34.9. The number of hydrogen-bond acceptors (Lipinski definition) is 6. The van der Waals surface area contributed by atoms with Gasteiger partial charge in [-0.15, -0.1) is 23.1 Å². The van der Waals surface area contributed by atoms with E-state index in [9.17, 15) is 14.4 Å². The number of thiazole rings is 1. The molecule has 0 bridgehead atoms. The van der Waals surface area contributed by atoms with Crippen molar-refractivity contribution in [2.24, 2.45) is 0 Å². The predicted octanol–water partition coefficient (Wildman–Crippen LogP) is 9.65. The molecule has 0 aliphatic carbocycles. The third-order valence-corrected chi connectivity index (χ3v) is 9.96.